The molecule has 0 aliphatic heterocycles. The van der Waals surface area contributed by atoms with Crippen molar-refractivity contribution in [2.75, 3.05) is 11.0 Å². The van der Waals surface area contributed by atoms with Crippen molar-refractivity contribution in [3.8, 4) is 11.5 Å². The van der Waals surface area contributed by atoms with Crippen LogP contribution in [-0.4, -0.2) is 25.9 Å². The smallest absolute Gasteiger partial charge is 0.229 e. The maximum atomic E-state index is 11.2. The van der Waals surface area contributed by atoms with E-state index >= 15 is 0 Å². The zero-order chi connectivity index (χ0) is 13.9. The van der Waals surface area contributed by atoms with Crippen LogP contribution in [0, 0.1) is 0 Å². The molecule has 0 amide bonds. The van der Waals surface area contributed by atoms with Crippen molar-refractivity contribution in [2.45, 2.75) is 38.2 Å². The van der Waals surface area contributed by atoms with Crippen LogP contribution >= 0.6 is 0 Å². The topological polar surface area (TPSA) is 75.6 Å². The minimum atomic E-state index is -3.33. The predicted molar refractivity (Wildman–Crippen MR) is 74.1 cm³/mol. The summed E-state index contributed by atoms with van der Waals surface area (Å²) in [5, 5.41) is 9.76. The maximum Gasteiger partial charge on any atom is 0.229 e. The first-order chi connectivity index (χ1) is 8.94. The second-order valence-electron chi connectivity index (χ2n) is 4.93. The highest BCUT2D eigenvalue weighted by atomic mass is 32.2. The van der Waals surface area contributed by atoms with Crippen LogP contribution in [0.1, 0.15) is 32.1 Å². The largest absolute Gasteiger partial charge is 0.504 e. The number of anilines is 1. The average Bonchev–Trinajstić information content (AvgIpc) is 2.33. The highest BCUT2D eigenvalue weighted by Gasteiger charge is 2.17. The number of phenolic OH excluding ortho intramolecular Hbond substituents is 1. The molecule has 0 unspecified atom stereocenters. The van der Waals surface area contributed by atoms with Crippen LogP contribution in [0.25, 0.3) is 0 Å². The fourth-order valence-electron chi connectivity index (χ4n) is 2.25. The van der Waals surface area contributed by atoms with E-state index < -0.39 is 10.0 Å². The average molecular weight is 285 g/mol. The third-order valence-electron chi connectivity index (χ3n) is 3.11. The van der Waals surface area contributed by atoms with Crippen LogP contribution in [-0.2, 0) is 10.0 Å². The second-order valence-corrected chi connectivity index (χ2v) is 6.68. The standard InChI is InChI=1S/C13H19NO4S/c1-19(16,17)14-10-7-8-12(15)13(9-10)18-11-5-3-2-4-6-11/h7-9,11,14-15H,2-6H2,1H3. The first kappa shape index (κ1) is 14.0. The highest BCUT2D eigenvalue weighted by molar-refractivity contribution is 7.92. The molecule has 106 valence electrons. The third-order valence-corrected chi connectivity index (χ3v) is 3.72. The van der Waals surface area contributed by atoms with Gasteiger partial charge in [0, 0.05) is 6.07 Å². The zero-order valence-corrected chi connectivity index (χ0v) is 11.7. The number of hydrogen-bond donors (Lipinski definition) is 2. The van der Waals surface area contributed by atoms with Crippen molar-refractivity contribution in [3.05, 3.63) is 18.2 Å². The van der Waals surface area contributed by atoms with Crippen molar-refractivity contribution < 1.29 is 18.3 Å². The van der Waals surface area contributed by atoms with E-state index in [-0.39, 0.29) is 11.9 Å². The fourth-order valence-corrected chi connectivity index (χ4v) is 2.80. The van der Waals surface area contributed by atoms with E-state index in [1.165, 1.54) is 24.6 Å². The van der Waals surface area contributed by atoms with Gasteiger partial charge < -0.3 is 9.84 Å². The Balaban J connectivity index is 2.12. The molecule has 0 heterocycles. The molecule has 1 aromatic carbocycles. The summed E-state index contributed by atoms with van der Waals surface area (Å²) in [5.74, 6) is 0.366. The number of sulfonamides is 1. The number of nitrogens with one attached hydrogen (secondary N) is 1. The van der Waals surface area contributed by atoms with Gasteiger partial charge in [-0.2, -0.15) is 0 Å². The van der Waals surface area contributed by atoms with Crippen molar-refractivity contribution in [3.63, 3.8) is 0 Å². The van der Waals surface area contributed by atoms with Crippen molar-refractivity contribution in [1.82, 2.24) is 0 Å². The lowest BCUT2D eigenvalue weighted by Crippen LogP contribution is -2.19. The van der Waals surface area contributed by atoms with E-state index in [2.05, 4.69) is 4.72 Å². The summed E-state index contributed by atoms with van der Waals surface area (Å²) in [6, 6.07) is 4.46. The van der Waals surface area contributed by atoms with Crippen molar-refractivity contribution in [2.24, 2.45) is 0 Å². The van der Waals surface area contributed by atoms with Crippen LogP contribution in [0.3, 0.4) is 0 Å². The molecule has 0 saturated heterocycles. The Kier molecular flexibility index (Phi) is 4.19. The van der Waals surface area contributed by atoms with Gasteiger partial charge in [-0.05, 0) is 37.8 Å². The molecule has 5 nitrogen and oxygen atoms in total. The monoisotopic (exact) mass is 285 g/mol. The van der Waals surface area contributed by atoms with Crippen LogP contribution in [0.15, 0.2) is 18.2 Å². The van der Waals surface area contributed by atoms with Gasteiger partial charge in [-0.1, -0.05) is 6.42 Å². The van der Waals surface area contributed by atoms with E-state index in [1.807, 2.05) is 0 Å². The van der Waals surface area contributed by atoms with E-state index in [0.29, 0.717) is 11.4 Å². The quantitative estimate of drug-likeness (QED) is 0.833. The highest BCUT2D eigenvalue weighted by Crippen LogP contribution is 2.32. The van der Waals surface area contributed by atoms with E-state index in [4.69, 9.17) is 4.74 Å². The molecule has 1 fully saturated rings. The molecule has 0 aromatic heterocycles. The molecule has 1 saturated carbocycles. The van der Waals surface area contributed by atoms with Crippen molar-refractivity contribution >= 4 is 15.7 Å². The number of phenols is 1. The fraction of sp³-hybridized carbons (Fsp3) is 0.538. The van der Waals surface area contributed by atoms with Crippen LogP contribution in [0.2, 0.25) is 0 Å². The van der Waals surface area contributed by atoms with E-state index in [0.717, 1.165) is 31.9 Å². The Morgan fingerprint density at radius 2 is 1.95 bits per heavy atom. The van der Waals surface area contributed by atoms with Crippen LogP contribution in [0.5, 0.6) is 11.5 Å². The minimum Gasteiger partial charge on any atom is -0.504 e. The molecular weight excluding hydrogens is 266 g/mol. The molecule has 6 heteroatoms. The first-order valence-corrected chi connectivity index (χ1v) is 8.31. The van der Waals surface area contributed by atoms with Gasteiger partial charge in [-0.3, -0.25) is 4.72 Å². The lowest BCUT2D eigenvalue weighted by molar-refractivity contribution is 0.150. The summed E-state index contributed by atoms with van der Waals surface area (Å²) in [6.45, 7) is 0. The van der Waals surface area contributed by atoms with Gasteiger partial charge in [0.05, 0.1) is 18.0 Å². The van der Waals surface area contributed by atoms with Gasteiger partial charge in [-0.15, -0.1) is 0 Å². The summed E-state index contributed by atoms with van der Waals surface area (Å²) in [7, 11) is -3.33. The Labute approximate surface area is 113 Å². The Hall–Kier alpha value is -1.43. The van der Waals surface area contributed by atoms with Gasteiger partial charge in [-0.25, -0.2) is 8.42 Å². The number of rotatable bonds is 4. The summed E-state index contributed by atoms with van der Waals surface area (Å²) in [5.41, 5.74) is 0.395. The second kappa shape index (κ2) is 5.69. The van der Waals surface area contributed by atoms with Gasteiger partial charge >= 0.3 is 0 Å². The van der Waals surface area contributed by atoms with E-state index in [9.17, 15) is 13.5 Å². The molecule has 2 N–H and O–H groups in total. The van der Waals surface area contributed by atoms with Gasteiger partial charge in [0.1, 0.15) is 0 Å². The molecule has 2 rings (SSSR count). The maximum absolute atomic E-state index is 11.2. The molecular formula is C13H19NO4S. The summed E-state index contributed by atoms with van der Waals surface area (Å²) in [4.78, 5) is 0. The lowest BCUT2D eigenvalue weighted by Gasteiger charge is -2.23. The lowest BCUT2D eigenvalue weighted by atomic mass is 9.98. The van der Waals surface area contributed by atoms with Crippen LogP contribution < -0.4 is 9.46 Å². The SMILES string of the molecule is CS(=O)(=O)Nc1ccc(O)c(OC2CCCCC2)c1. The summed E-state index contributed by atoms with van der Waals surface area (Å²) < 4.78 is 30.5. The Morgan fingerprint density at radius 3 is 2.58 bits per heavy atom. The number of ether oxygens (including phenoxy) is 1. The minimum absolute atomic E-state index is 0.0321. The number of benzene rings is 1. The molecule has 0 bridgehead atoms. The van der Waals surface area contributed by atoms with Gasteiger partial charge in [0.15, 0.2) is 11.5 Å². The molecule has 1 aliphatic rings. The summed E-state index contributed by atoms with van der Waals surface area (Å²) >= 11 is 0. The zero-order valence-electron chi connectivity index (χ0n) is 10.9. The summed E-state index contributed by atoms with van der Waals surface area (Å²) in [6.07, 6.45) is 6.63. The molecule has 1 aromatic rings. The number of hydrogen-bond acceptors (Lipinski definition) is 4. The van der Waals surface area contributed by atoms with Gasteiger partial charge in [0.2, 0.25) is 10.0 Å². The molecule has 0 radical (unpaired) electrons. The molecule has 0 spiro atoms. The normalized spacial score (nSPS) is 17.1. The molecule has 19 heavy (non-hydrogen) atoms. The van der Waals surface area contributed by atoms with E-state index in [1.54, 1.807) is 0 Å². The van der Waals surface area contributed by atoms with Gasteiger partial charge in [0.25, 0.3) is 0 Å². The van der Waals surface area contributed by atoms with Crippen molar-refractivity contribution in [1.29, 1.82) is 0 Å². The first-order valence-electron chi connectivity index (χ1n) is 6.41. The van der Waals surface area contributed by atoms with Crippen LogP contribution in [0.4, 0.5) is 5.69 Å². The molecule has 0 atom stereocenters. The predicted octanol–water partition coefficient (Wildman–Crippen LogP) is 2.48. The Morgan fingerprint density at radius 1 is 1.26 bits per heavy atom. The third kappa shape index (κ3) is 4.31. The Bertz CT molecular complexity index is 536. The number of aromatic hydroxyl groups is 1. The molecule has 1 aliphatic carbocycles.